The topological polar surface area (TPSA) is 103 Å². The number of amides is 2. The summed E-state index contributed by atoms with van der Waals surface area (Å²) in [5.74, 6) is -6.89. The zero-order valence-corrected chi connectivity index (χ0v) is 15.6. The number of nitrogens with one attached hydrogen (secondary N) is 1. The van der Waals surface area contributed by atoms with Crippen LogP contribution in [-0.2, 0) is 6.18 Å². The Bertz CT molecular complexity index is 1340. The summed E-state index contributed by atoms with van der Waals surface area (Å²) in [5.41, 5.74) is 2.81. The highest BCUT2D eigenvalue weighted by Gasteiger charge is 2.34. The molecular formula is C20H10F5N3O4. The van der Waals surface area contributed by atoms with Crippen LogP contribution in [0.4, 0.5) is 27.8 Å². The van der Waals surface area contributed by atoms with E-state index in [4.69, 9.17) is 10.5 Å². The van der Waals surface area contributed by atoms with Gasteiger partial charge < -0.3 is 10.5 Å². The van der Waals surface area contributed by atoms with Crippen LogP contribution in [0.15, 0.2) is 47.3 Å². The van der Waals surface area contributed by atoms with Crippen molar-refractivity contribution in [3.63, 3.8) is 0 Å². The molecule has 164 valence electrons. The maximum Gasteiger partial charge on any atom is 0.416 e. The molecule has 0 spiro atoms. The van der Waals surface area contributed by atoms with E-state index < -0.39 is 52.3 Å². The number of rotatable bonds is 3. The number of benzene rings is 2. The highest BCUT2D eigenvalue weighted by Crippen LogP contribution is 2.37. The fourth-order valence-corrected chi connectivity index (χ4v) is 3.19. The zero-order valence-electron chi connectivity index (χ0n) is 15.6. The van der Waals surface area contributed by atoms with Crippen LogP contribution in [-0.4, -0.2) is 16.4 Å². The van der Waals surface area contributed by atoms with Gasteiger partial charge in [-0.2, -0.15) is 13.2 Å². The Morgan fingerprint density at radius 1 is 0.938 bits per heavy atom. The van der Waals surface area contributed by atoms with E-state index >= 15 is 0 Å². The Morgan fingerprint density at radius 2 is 1.56 bits per heavy atom. The molecule has 0 saturated heterocycles. The van der Waals surface area contributed by atoms with E-state index in [1.807, 2.05) is 5.32 Å². The zero-order chi connectivity index (χ0) is 23.4. The monoisotopic (exact) mass is 451 g/mol. The Morgan fingerprint density at radius 3 is 2.19 bits per heavy atom. The van der Waals surface area contributed by atoms with Crippen molar-refractivity contribution in [3.8, 4) is 17.2 Å². The SMILES string of the molecule is Nc1c2c(cc(=O)n1-c1ccccc1Oc1c(F)cc(C(F)(F)F)cc1F)C(=O)NC2=O. The number of pyridine rings is 1. The first-order chi connectivity index (χ1) is 15.0. The second-order valence-corrected chi connectivity index (χ2v) is 6.61. The van der Waals surface area contributed by atoms with E-state index in [0.717, 1.165) is 10.6 Å². The van der Waals surface area contributed by atoms with Crippen LogP contribution >= 0.6 is 0 Å². The number of imide groups is 1. The molecule has 12 heteroatoms. The molecule has 3 N–H and O–H groups in total. The average Bonchev–Trinajstić information content (AvgIpc) is 2.98. The fourth-order valence-electron chi connectivity index (χ4n) is 3.19. The Labute approximate surface area is 174 Å². The minimum atomic E-state index is -4.98. The van der Waals surface area contributed by atoms with E-state index in [-0.39, 0.29) is 34.7 Å². The summed E-state index contributed by atoms with van der Waals surface area (Å²) in [6.07, 6.45) is -4.98. The lowest BCUT2D eigenvalue weighted by Crippen LogP contribution is -2.24. The molecule has 0 bridgehead atoms. The van der Waals surface area contributed by atoms with Gasteiger partial charge in [0.2, 0.25) is 0 Å². The minimum Gasteiger partial charge on any atom is -0.449 e. The maximum absolute atomic E-state index is 14.2. The number of ether oxygens (including phenoxy) is 1. The lowest BCUT2D eigenvalue weighted by atomic mass is 10.1. The van der Waals surface area contributed by atoms with Crippen molar-refractivity contribution < 1.29 is 36.3 Å². The third-order valence-electron chi connectivity index (χ3n) is 4.60. The molecule has 2 heterocycles. The van der Waals surface area contributed by atoms with Gasteiger partial charge in [-0.15, -0.1) is 0 Å². The van der Waals surface area contributed by atoms with Crippen molar-refractivity contribution in [3.05, 3.63) is 81.1 Å². The molecule has 0 radical (unpaired) electrons. The molecule has 2 amide bonds. The first-order valence-corrected chi connectivity index (χ1v) is 8.73. The molecule has 3 aromatic rings. The molecule has 0 saturated carbocycles. The molecule has 0 fully saturated rings. The maximum atomic E-state index is 14.2. The van der Waals surface area contributed by atoms with Gasteiger partial charge in [0.05, 0.1) is 22.4 Å². The molecule has 4 rings (SSSR count). The third kappa shape index (κ3) is 3.35. The van der Waals surface area contributed by atoms with Gasteiger partial charge in [-0.3, -0.25) is 24.3 Å². The van der Waals surface area contributed by atoms with Crippen molar-refractivity contribution >= 4 is 17.6 Å². The fraction of sp³-hybridized carbons (Fsp3) is 0.0500. The molecule has 7 nitrogen and oxygen atoms in total. The van der Waals surface area contributed by atoms with Crippen LogP contribution in [0.25, 0.3) is 5.69 Å². The van der Waals surface area contributed by atoms with E-state index in [0.29, 0.717) is 0 Å². The number of carbonyl (C=O) groups excluding carboxylic acids is 2. The van der Waals surface area contributed by atoms with Crippen LogP contribution < -0.4 is 21.3 Å². The number of fused-ring (bicyclic) bond motifs is 1. The molecule has 1 aliphatic rings. The number of nitrogen functional groups attached to an aromatic ring is 1. The largest absolute Gasteiger partial charge is 0.449 e. The highest BCUT2D eigenvalue weighted by atomic mass is 19.4. The van der Waals surface area contributed by atoms with Crippen molar-refractivity contribution in [1.82, 2.24) is 9.88 Å². The smallest absolute Gasteiger partial charge is 0.416 e. The summed E-state index contributed by atoms with van der Waals surface area (Å²) in [6.45, 7) is 0. The van der Waals surface area contributed by atoms with Gasteiger partial charge in [0, 0.05) is 6.07 Å². The van der Waals surface area contributed by atoms with Gasteiger partial charge in [-0.25, -0.2) is 8.78 Å². The van der Waals surface area contributed by atoms with Gasteiger partial charge in [0.1, 0.15) is 5.82 Å². The molecule has 0 atom stereocenters. The van der Waals surface area contributed by atoms with Crippen molar-refractivity contribution in [2.45, 2.75) is 6.18 Å². The second-order valence-electron chi connectivity index (χ2n) is 6.61. The lowest BCUT2D eigenvalue weighted by Gasteiger charge is -2.17. The molecule has 1 aliphatic heterocycles. The van der Waals surface area contributed by atoms with Gasteiger partial charge in [-0.1, -0.05) is 12.1 Å². The number of hydrogen-bond acceptors (Lipinski definition) is 5. The summed E-state index contributed by atoms with van der Waals surface area (Å²) >= 11 is 0. The Hall–Kier alpha value is -4.22. The van der Waals surface area contributed by atoms with Crippen molar-refractivity contribution in [2.24, 2.45) is 0 Å². The van der Waals surface area contributed by atoms with E-state index in [9.17, 15) is 36.3 Å². The number of nitrogens with zero attached hydrogens (tertiary/aromatic N) is 1. The van der Waals surface area contributed by atoms with Gasteiger partial charge in [0.25, 0.3) is 17.4 Å². The molecule has 32 heavy (non-hydrogen) atoms. The number of anilines is 1. The van der Waals surface area contributed by atoms with Gasteiger partial charge in [-0.05, 0) is 24.3 Å². The van der Waals surface area contributed by atoms with Crippen LogP contribution in [0.5, 0.6) is 11.5 Å². The molecule has 0 aliphatic carbocycles. The summed E-state index contributed by atoms with van der Waals surface area (Å²) in [6, 6.07) is 6.18. The van der Waals surface area contributed by atoms with Crippen LogP contribution in [0.3, 0.4) is 0 Å². The van der Waals surface area contributed by atoms with Gasteiger partial charge in [0.15, 0.2) is 23.1 Å². The van der Waals surface area contributed by atoms with Gasteiger partial charge >= 0.3 is 6.18 Å². The minimum absolute atomic E-state index is 0.0624. The van der Waals surface area contributed by atoms with E-state index in [1.54, 1.807) is 0 Å². The first-order valence-electron chi connectivity index (χ1n) is 8.73. The number of hydrogen-bond donors (Lipinski definition) is 2. The molecule has 0 unspecified atom stereocenters. The molecule has 2 aromatic carbocycles. The highest BCUT2D eigenvalue weighted by molar-refractivity contribution is 6.23. The summed E-state index contributed by atoms with van der Waals surface area (Å²) < 4.78 is 72.7. The summed E-state index contributed by atoms with van der Waals surface area (Å²) in [7, 11) is 0. The Kier molecular flexibility index (Phi) is 4.72. The van der Waals surface area contributed by atoms with Crippen molar-refractivity contribution in [2.75, 3.05) is 5.73 Å². The number of aromatic nitrogens is 1. The number of carbonyl (C=O) groups is 2. The third-order valence-corrected chi connectivity index (χ3v) is 4.60. The second kappa shape index (κ2) is 7.18. The van der Waals surface area contributed by atoms with Crippen LogP contribution in [0, 0.1) is 11.6 Å². The first kappa shape index (κ1) is 21.0. The number of para-hydroxylation sites is 2. The lowest BCUT2D eigenvalue weighted by molar-refractivity contribution is -0.138. The van der Waals surface area contributed by atoms with Crippen molar-refractivity contribution in [1.29, 1.82) is 0 Å². The number of halogens is 5. The normalized spacial score (nSPS) is 13.2. The molecule has 1 aromatic heterocycles. The quantitative estimate of drug-likeness (QED) is 0.470. The predicted octanol–water partition coefficient (Wildman–Crippen LogP) is 3.39. The average molecular weight is 451 g/mol. The summed E-state index contributed by atoms with van der Waals surface area (Å²) in [4.78, 5) is 36.4. The van der Waals surface area contributed by atoms with Crippen LogP contribution in [0.1, 0.15) is 26.3 Å². The number of alkyl halides is 3. The molecular weight excluding hydrogens is 441 g/mol. The standard InChI is InChI=1S/C20H10F5N3O4/c21-10-5-8(20(23,24)25)6-11(22)16(10)32-13-4-2-1-3-12(13)28-14(29)7-9-15(17(28)26)19(31)27-18(9)30/h1-7H,26H2,(H,27,30,31). The Balaban J connectivity index is 1.85. The number of nitrogens with two attached hydrogens (primary N) is 1. The predicted molar refractivity (Wildman–Crippen MR) is 99.7 cm³/mol. The summed E-state index contributed by atoms with van der Waals surface area (Å²) in [5, 5.41) is 1.98. The van der Waals surface area contributed by atoms with E-state index in [2.05, 4.69) is 0 Å². The van der Waals surface area contributed by atoms with E-state index in [1.165, 1.54) is 24.3 Å². The van der Waals surface area contributed by atoms with Crippen LogP contribution in [0.2, 0.25) is 0 Å².